The summed E-state index contributed by atoms with van der Waals surface area (Å²) in [6, 6.07) is -0.315. The quantitative estimate of drug-likeness (QED) is 0.237. The highest BCUT2D eigenvalue weighted by Gasteiger charge is 2.12. The summed E-state index contributed by atoms with van der Waals surface area (Å²) >= 11 is 1.66. The number of allylic oxidation sites excluding steroid dienone is 3. The minimum atomic E-state index is -0.583. The summed E-state index contributed by atoms with van der Waals surface area (Å²) in [5.41, 5.74) is 2.12. The van der Waals surface area contributed by atoms with Crippen LogP contribution in [0, 0.1) is 0 Å². The third-order valence-electron chi connectivity index (χ3n) is 4.34. The standard InChI is InChI=1S/C22H40N2O4S/c1-17(10-7-12-22(4,5)28)8-6-9-18(2)11-13-29-16-20(15-25)24-21(27)14-23-19(3)26/h8,11,20,25,28H,6-7,9-10,12-16H2,1-5H3,(H,23,26)(H,24,27)/t20-/m1/s1. The molecule has 0 fully saturated rings. The molecule has 0 rings (SSSR count). The van der Waals surface area contributed by atoms with Crippen LogP contribution in [0.1, 0.15) is 66.7 Å². The lowest BCUT2D eigenvalue weighted by atomic mass is 9.99. The lowest BCUT2D eigenvalue weighted by molar-refractivity contribution is -0.125. The zero-order chi connectivity index (χ0) is 22.3. The predicted molar refractivity (Wildman–Crippen MR) is 122 cm³/mol. The first-order valence-electron chi connectivity index (χ1n) is 10.3. The summed E-state index contributed by atoms with van der Waals surface area (Å²) in [5, 5.41) is 24.3. The highest BCUT2D eigenvalue weighted by molar-refractivity contribution is 7.99. The molecule has 0 aromatic rings. The molecule has 0 bridgehead atoms. The molecule has 0 saturated heterocycles. The number of rotatable bonds is 15. The van der Waals surface area contributed by atoms with Gasteiger partial charge in [0.05, 0.1) is 24.8 Å². The second-order valence-electron chi connectivity index (χ2n) is 8.20. The van der Waals surface area contributed by atoms with E-state index in [0.29, 0.717) is 5.75 Å². The molecule has 29 heavy (non-hydrogen) atoms. The number of carbonyl (C=O) groups excluding carboxylic acids is 2. The average molecular weight is 429 g/mol. The van der Waals surface area contributed by atoms with Crippen molar-refractivity contribution in [3.63, 3.8) is 0 Å². The van der Waals surface area contributed by atoms with Gasteiger partial charge in [-0.05, 0) is 59.8 Å². The van der Waals surface area contributed by atoms with Crippen molar-refractivity contribution in [2.75, 3.05) is 24.7 Å². The summed E-state index contributed by atoms with van der Waals surface area (Å²) in [7, 11) is 0. The van der Waals surface area contributed by atoms with E-state index in [2.05, 4.69) is 36.6 Å². The molecule has 0 saturated carbocycles. The van der Waals surface area contributed by atoms with Gasteiger partial charge in [-0.3, -0.25) is 9.59 Å². The summed E-state index contributed by atoms with van der Waals surface area (Å²) in [6.45, 7) is 9.13. The van der Waals surface area contributed by atoms with Crippen LogP contribution in [-0.4, -0.2) is 58.3 Å². The molecular formula is C22H40N2O4S. The predicted octanol–water partition coefficient (Wildman–Crippen LogP) is 2.95. The SMILES string of the molecule is CC(=O)NCC(=O)N[C@H](CO)CSCC=C(C)CCC=C(C)CCCC(C)(C)O. The summed E-state index contributed by atoms with van der Waals surface area (Å²) in [5.74, 6) is 0.899. The fraction of sp³-hybridized carbons (Fsp3) is 0.727. The van der Waals surface area contributed by atoms with Crippen molar-refractivity contribution in [3.8, 4) is 0 Å². The van der Waals surface area contributed by atoms with E-state index in [1.807, 2.05) is 13.8 Å². The molecular weight excluding hydrogens is 388 g/mol. The van der Waals surface area contributed by atoms with Gasteiger partial charge in [0.1, 0.15) is 0 Å². The molecule has 7 heteroatoms. The van der Waals surface area contributed by atoms with E-state index in [9.17, 15) is 19.8 Å². The number of carbonyl (C=O) groups is 2. The zero-order valence-electron chi connectivity index (χ0n) is 18.7. The van der Waals surface area contributed by atoms with Gasteiger partial charge in [-0.25, -0.2) is 0 Å². The zero-order valence-corrected chi connectivity index (χ0v) is 19.5. The highest BCUT2D eigenvalue weighted by Crippen LogP contribution is 2.16. The second-order valence-corrected chi connectivity index (χ2v) is 9.27. The van der Waals surface area contributed by atoms with Gasteiger partial charge in [0.2, 0.25) is 11.8 Å². The number of amides is 2. The topological polar surface area (TPSA) is 98.7 Å². The van der Waals surface area contributed by atoms with Gasteiger partial charge >= 0.3 is 0 Å². The van der Waals surface area contributed by atoms with E-state index in [4.69, 9.17) is 0 Å². The lowest BCUT2D eigenvalue weighted by Gasteiger charge is -2.16. The van der Waals surface area contributed by atoms with Crippen LogP contribution in [0.15, 0.2) is 23.3 Å². The smallest absolute Gasteiger partial charge is 0.239 e. The summed E-state index contributed by atoms with van der Waals surface area (Å²) in [4.78, 5) is 22.5. The average Bonchev–Trinajstić information content (AvgIpc) is 2.61. The van der Waals surface area contributed by atoms with E-state index >= 15 is 0 Å². The van der Waals surface area contributed by atoms with E-state index in [1.54, 1.807) is 11.8 Å². The van der Waals surface area contributed by atoms with Crippen LogP contribution >= 0.6 is 11.8 Å². The maximum atomic E-state index is 11.7. The molecule has 0 unspecified atom stereocenters. The molecule has 1 atom stereocenters. The minimum Gasteiger partial charge on any atom is -0.394 e. The summed E-state index contributed by atoms with van der Waals surface area (Å²) in [6.07, 6.45) is 9.34. The Hall–Kier alpha value is -1.31. The fourth-order valence-electron chi connectivity index (χ4n) is 2.59. The van der Waals surface area contributed by atoms with Gasteiger partial charge in [0.25, 0.3) is 0 Å². The van der Waals surface area contributed by atoms with Crippen molar-refractivity contribution in [2.45, 2.75) is 78.4 Å². The Bertz CT molecular complexity index is 554. The first kappa shape index (κ1) is 27.7. The van der Waals surface area contributed by atoms with Gasteiger partial charge in [-0.1, -0.05) is 23.3 Å². The van der Waals surface area contributed by atoms with Crippen molar-refractivity contribution < 1.29 is 19.8 Å². The van der Waals surface area contributed by atoms with E-state index in [0.717, 1.165) is 37.9 Å². The molecule has 6 nitrogen and oxygen atoms in total. The number of aliphatic hydroxyl groups is 2. The van der Waals surface area contributed by atoms with Gasteiger partial charge in [-0.2, -0.15) is 11.8 Å². The van der Waals surface area contributed by atoms with Crippen LogP contribution in [-0.2, 0) is 9.59 Å². The first-order chi connectivity index (χ1) is 13.5. The largest absolute Gasteiger partial charge is 0.394 e. The van der Waals surface area contributed by atoms with Crippen LogP contribution in [0.5, 0.6) is 0 Å². The highest BCUT2D eigenvalue weighted by atomic mass is 32.2. The number of nitrogens with one attached hydrogen (secondary N) is 2. The van der Waals surface area contributed by atoms with Gasteiger partial charge in [0, 0.05) is 18.4 Å². The normalized spacial score (nSPS) is 13.9. The van der Waals surface area contributed by atoms with Crippen molar-refractivity contribution in [1.29, 1.82) is 0 Å². The van der Waals surface area contributed by atoms with E-state index < -0.39 is 5.60 Å². The Morgan fingerprint density at radius 2 is 1.76 bits per heavy atom. The monoisotopic (exact) mass is 428 g/mol. The van der Waals surface area contributed by atoms with Gasteiger partial charge in [0.15, 0.2) is 0 Å². The number of hydrogen-bond donors (Lipinski definition) is 4. The van der Waals surface area contributed by atoms with E-state index in [-0.39, 0.29) is 31.0 Å². The van der Waals surface area contributed by atoms with Crippen molar-refractivity contribution in [3.05, 3.63) is 23.3 Å². The second kappa shape index (κ2) is 15.5. The van der Waals surface area contributed by atoms with Crippen LogP contribution < -0.4 is 10.6 Å². The maximum Gasteiger partial charge on any atom is 0.239 e. The summed E-state index contributed by atoms with van der Waals surface area (Å²) < 4.78 is 0. The Morgan fingerprint density at radius 3 is 2.34 bits per heavy atom. The molecule has 0 radical (unpaired) electrons. The van der Waals surface area contributed by atoms with Crippen molar-refractivity contribution in [2.24, 2.45) is 0 Å². The van der Waals surface area contributed by atoms with Crippen LogP contribution in [0.4, 0.5) is 0 Å². The minimum absolute atomic E-state index is 0.0692. The van der Waals surface area contributed by atoms with Crippen LogP contribution in [0.3, 0.4) is 0 Å². The molecule has 168 valence electrons. The Morgan fingerprint density at radius 1 is 1.10 bits per heavy atom. The number of aliphatic hydroxyl groups excluding tert-OH is 1. The maximum absolute atomic E-state index is 11.7. The molecule has 0 aliphatic heterocycles. The van der Waals surface area contributed by atoms with Gasteiger partial charge in [-0.15, -0.1) is 0 Å². The first-order valence-corrected chi connectivity index (χ1v) is 11.4. The molecule has 0 aliphatic carbocycles. The number of thioether (sulfide) groups is 1. The van der Waals surface area contributed by atoms with Crippen molar-refractivity contribution >= 4 is 23.6 Å². The van der Waals surface area contributed by atoms with Crippen LogP contribution in [0.2, 0.25) is 0 Å². The molecule has 0 heterocycles. The molecule has 2 amide bonds. The Labute approximate surface area is 180 Å². The Balaban J connectivity index is 4.03. The van der Waals surface area contributed by atoms with Gasteiger partial charge < -0.3 is 20.8 Å². The fourth-order valence-corrected chi connectivity index (χ4v) is 3.60. The molecule has 0 aliphatic rings. The Kier molecular flexibility index (Phi) is 14.8. The van der Waals surface area contributed by atoms with E-state index in [1.165, 1.54) is 18.1 Å². The van der Waals surface area contributed by atoms with Crippen LogP contribution in [0.25, 0.3) is 0 Å². The molecule has 0 aromatic heterocycles. The third kappa shape index (κ3) is 18.5. The molecule has 0 spiro atoms. The van der Waals surface area contributed by atoms with Crippen molar-refractivity contribution in [1.82, 2.24) is 10.6 Å². The third-order valence-corrected chi connectivity index (χ3v) is 5.38. The lowest BCUT2D eigenvalue weighted by Crippen LogP contribution is -2.44. The molecule has 0 aromatic carbocycles. The molecule has 4 N–H and O–H groups in total. The number of hydrogen-bond acceptors (Lipinski definition) is 5.